The van der Waals surface area contributed by atoms with Crippen LogP contribution in [0.4, 0.5) is 0 Å². The summed E-state index contributed by atoms with van der Waals surface area (Å²) in [5, 5.41) is 12.2. The molecule has 0 aromatic heterocycles. The molecule has 78 valence electrons. The summed E-state index contributed by atoms with van der Waals surface area (Å²) in [6.07, 6.45) is 6.35. The zero-order valence-corrected chi connectivity index (χ0v) is 8.20. The number of β-amino-alcohol motifs (C(OH)–C–C–N with tert-alkyl or cyclic N) is 1. The monoisotopic (exact) mass is 196 g/mol. The Morgan fingerprint density at radius 3 is 3.14 bits per heavy atom. The average molecular weight is 196 g/mol. The molecule has 0 aromatic carbocycles. The van der Waals surface area contributed by atoms with Crippen LogP contribution in [0.25, 0.3) is 0 Å². The number of hydrogen-bond acceptors (Lipinski definition) is 3. The van der Waals surface area contributed by atoms with Gasteiger partial charge in [-0.2, -0.15) is 0 Å². The summed E-state index contributed by atoms with van der Waals surface area (Å²) in [5.74, 6) is 2.42. The number of nitrogens with zero attached hydrogens (tertiary/aromatic N) is 1. The highest BCUT2D eigenvalue weighted by Gasteiger charge is 2.21. The summed E-state index contributed by atoms with van der Waals surface area (Å²) < 4.78 is 0. The van der Waals surface area contributed by atoms with Crippen LogP contribution in [0.15, 0.2) is 0 Å². The van der Waals surface area contributed by atoms with Crippen LogP contribution >= 0.6 is 0 Å². The maximum atomic E-state index is 11.5. The van der Waals surface area contributed by atoms with Crippen molar-refractivity contribution in [2.45, 2.75) is 18.9 Å². The lowest BCUT2D eigenvalue weighted by Gasteiger charge is -2.30. The van der Waals surface area contributed by atoms with Gasteiger partial charge in [-0.1, -0.05) is 5.92 Å². The van der Waals surface area contributed by atoms with Crippen LogP contribution in [0.5, 0.6) is 0 Å². The highest BCUT2D eigenvalue weighted by atomic mass is 16.3. The van der Waals surface area contributed by atoms with Gasteiger partial charge in [0.25, 0.3) is 0 Å². The molecule has 0 radical (unpaired) electrons. The molecule has 1 aliphatic rings. The largest absolute Gasteiger partial charge is 0.391 e. The van der Waals surface area contributed by atoms with Crippen LogP contribution in [0, 0.1) is 12.3 Å². The van der Waals surface area contributed by atoms with Crippen molar-refractivity contribution in [3.63, 3.8) is 0 Å². The molecule has 1 rings (SSSR count). The molecule has 1 heterocycles. The zero-order valence-electron chi connectivity index (χ0n) is 8.20. The number of terminal acetylenes is 1. The third-order valence-corrected chi connectivity index (χ3v) is 2.25. The summed E-state index contributed by atoms with van der Waals surface area (Å²) in [4.78, 5) is 13.2. The maximum Gasteiger partial charge on any atom is 0.236 e. The van der Waals surface area contributed by atoms with E-state index in [-0.39, 0.29) is 18.6 Å². The van der Waals surface area contributed by atoms with Crippen LogP contribution in [0.3, 0.4) is 0 Å². The molecule has 0 saturated carbocycles. The Morgan fingerprint density at radius 2 is 2.50 bits per heavy atom. The Morgan fingerprint density at radius 1 is 1.71 bits per heavy atom. The first kappa shape index (κ1) is 11.0. The number of aliphatic hydroxyl groups is 1. The normalized spacial score (nSPS) is 21.7. The minimum Gasteiger partial charge on any atom is -0.391 e. The van der Waals surface area contributed by atoms with Crippen molar-refractivity contribution in [3.05, 3.63) is 0 Å². The second-order valence-electron chi connectivity index (χ2n) is 3.44. The van der Waals surface area contributed by atoms with Crippen LogP contribution in [-0.4, -0.2) is 48.2 Å². The van der Waals surface area contributed by atoms with E-state index in [1.807, 2.05) is 0 Å². The number of amides is 1. The van der Waals surface area contributed by atoms with Crippen molar-refractivity contribution in [2.75, 3.05) is 26.2 Å². The molecule has 1 atom stereocenters. The molecule has 1 amide bonds. The first-order valence-electron chi connectivity index (χ1n) is 4.84. The highest BCUT2D eigenvalue weighted by Crippen LogP contribution is 2.09. The molecule has 4 heteroatoms. The number of carbonyl (C=O) groups excluding carboxylic acids is 1. The number of nitrogens with one attached hydrogen (secondary N) is 1. The van der Waals surface area contributed by atoms with Crippen LogP contribution in [-0.2, 0) is 4.79 Å². The van der Waals surface area contributed by atoms with Crippen molar-refractivity contribution < 1.29 is 9.90 Å². The summed E-state index contributed by atoms with van der Waals surface area (Å²) >= 11 is 0. The van der Waals surface area contributed by atoms with E-state index in [4.69, 9.17) is 6.42 Å². The first-order valence-corrected chi connectivity index (χ1v) is 4.84. The molecule has 0 aliphatic carbocycles. The Balaban J connectivity index is 2.26. The summed E-state index contributed by atoms with van der Waals surface area (Å²) in [5.41, 5.74) is 0. The molecular formula is C10H16N2O2. The second-order valence-corrected chi connectivity index (χ2v) is 3.44. The van der Waals surface area contributed by atoms with E-state index in [0.29, 0.717) is 13.1 Å². The Bertz CT molecular complexity index is 235. The topological polar surface area (TPSA) is 52.6 Å². The molecule has 1 fully saturated rings. The van der Waals surface area contributed by atoms with Gasteiger partial charge >= 0.3 is 0 Å². The fourth-order valence-corrected chi connectivity index (χ4v) is 1.53. The van der Waals surface area contributed by atoms with Gasteiger partial charge in [-0.25, -0.2) is 0 Å². The third-order valence-electron chi connectivity index (χ3n) is 2.25. The minimum atomic E-state index is -0.361. The second kappa shape index (κ2) is 5.63. The van der Waals surface area contributed by atoms with Crippen LogP contribution < -0.4 is 5.32 Å². The van der Waals surface area contributed by atoms with Crippen molar-refractivity contribution in [3.8, 4) is 12.3 Å². The Hall–Kier alpha value is -1.05. The van der Waals surface area contributed by atoms with E-state index < -0.39 is 0 Å². The molecule has 1 unspecified atom stereocenters. The fourth-order valence-electron chi connectivity index (χ4n) is 1.53. The van der Waals surface area contributed by atoms with E-state index in [0.717, 1.165) is 19.4 Å². The lowest BCUT2D eigenvalue weighted by Crippen LogP contribution is -2.45. The molecule has 4 nitrogen and oxygen atoms in total. The number of likely N-dealkylation sites (tertiary alicyclic amines) is 1. The van der Waals surface area contributed by atoms with Crippen molar-refractivity contribution >= 4 is 5.91 Å². The number of aliphatic hydroxyl groups excluding tert-OH is 1. The van der Waals surface area contributed by atoms with E-state index in [1.54, 1.807) is 4.90 Å². The van der Waals surface area contributed by atoms with Gasteiger partial charge in [0.05, 0.1) is 19.2 Å². The highest BCUT2D eigenvalue weighted by molar-refractivity contribution is 5.78. The maximum absolute atomic E-state index is 11.5. The standard InChI is InChI=1S/C10H16N2O2/c1-2-5-11-7-10(14)12-6-3-4-9(13)8-12/h1,9,11,13H,3-8H2. The minimum absolute atomic E-state index is 0.0130. The Labute approximate surface area is 84.3 Å². The van der Waals surface area contributed by atoms with Crippen molar-refractivity contribution in [1.29, 1.82) is 0 Å². The van der Waals surface area contributed by atoms with E-state index in [2.05, 4.69) is 11.2 Å². The fraction of sp³-hybridized carbons (Fsp3) is 0.700. The van der Waals surface area contributed by atoms with Crippen molar-refractivity contribution in [1.82, 2.24) is 10.2 Å². The molecule has 1 saturated heterocycles. The average Bonchev–Trinajstić information content (AvgIpc) is 2.18. The van der Waals surface area contributed by atoms with E-state index in [1.165, 1.54) is 0 Å². The first-order chi connectivity index (χ1) is 6.74. The SMILES string of the molecule is C#CCNCC(=O)N1CCCC(O)C1. The quantitative estimate of drug-likeness (QED) is 0.458. The summed E-state index contributed by atoms with van der Waals surface area (Å²) in [6.45, 7) is 1.86. The predicted molar refractivity (Wildman–Crippen MR) is 53.5 cm³/mol. The summed E-state index contributed by atoms with van der Waals surface area (Å²) in [6, 6.07) is 0. The van der Waals surface area contributed by atoms with Gasteiger partial charge in [0.15, 0.2) is 0 Å². The van der Waals surface area contributed by atoms with Gasteiger partial charge in [0.1, 0.15) is 0 Å². The number of rotatable bonds is 3. The molecular weight excluding hydrogens is 180 g/mol. The molecule has 2 N–H and O–H groups in total. The van der Waals surface area contributed by atoms with Gasteiger partial charge in [0.2, 0.25) is 5.91 Å². The predicted octanol–water partition coefficient (Wildman–Crippen LogP) is -0.808. The zero-order chi connectivity index (χ0) is 10.4. The van der Waals surface area contributed by atoms with E-state index >= 15 is 0 Å². The van der Waals surface area contributed by atoms with E-state index in [9.17, 15) is 9.90 Å². The van der Waals surface area contributed by atoms with Gasteiger partial charge < -0.3 is 10.0 Å². The Kier molecular flexibility index (Phi) is 4.44. The van der Waals surface area contributed by atoms with Gasteiger partial charge in [-0.15, -0.1) is 6.42 Å². The molecule has 0 spiro atoms. The molecule has 1 aliphatic heterocycles. The van der Waals surface area contributed by atoms with Crippen molar-refractivity contribution in [2.24, 2.45) is 0 Å². The molecule has 14 heavy (non-hydrogen) atoms. The molecule has 0 aromatic rings. The molecule has 0 bridgehead atoms. The van der Waals surface area contributed by atoms with Crippen LogP contribution in [0.2, 0.25) is 0 Å². The number of piperidine rings is 1. The van der Waals surface area contributed by atoms with Gasteiger partial charge in [-0.3, -0.25) is 10.1 Å². The summed E-state index contributed by atoms with van der Waals surface area (Å²) in [7, 11) is 0. The third kappa shape index (κ3) is 3.36. The van der Waals surface area contributed by atoms with Gasteiger partial charge in [-0.05, 0) is 12.8 Å². The smallest absolute Gasteiger partial charge is 0.236 e. The van der Waals surface area contributed by atoms with Gasteiger partial charge in [0, 0.05) is 13.1 Å². The lowest BCUT2D eigenvalue weighted by molar-refractivity contribution is -0.133. The number of hydrogen-bond donors (Lipinski definition) is 2. The number of carbonyl (C=O) groups is 1. The lowest BCUT2D eigenvalue weighted by atomic mass is 10.1. The van der Waals surface area contributed by atoms with Crippen LogP contribution in [0.1, 0.15) is 12.8 Å².